The minimum Gasteiger partial charge on any atom is -0.362 e. The molecule has 2 amide bonds. The van der Waals surface area contributed by atoms with Gasteiger partial charge in [-0.3, -0.25) is 14.5 Å². The number of hydrogen-bond donors (Lipinski definition) is 1. The number of nitrogens with one attached hydrogen (secondary N) is 1. The van der Waals surface area contributed by atoms with Gasteiger partial charge in [0.05, 0.1) is 0 Å². The number of ether oxygens (including phenoxy) is 1. The Balaban J connectivity index is 2.47. The Morgan fingerprint density at radius 1 is 1.43 bits per heavy atom. The van der Waals surface area contributed by atoms with Crippen molar-refractivity contribution in [3.63, 3.8) is 0 Å². The van der Waals surface area contributed by atoms with Crippen molar-refractivity contribution in [1.82, 2.24) is 10.2 Å². The number of imide groups is 1. The van der Waals surface area contributed by atoms with Gasteiger partial charge in [-0.2, -0.15) is 0 Å². The van der Waals surface area contributed by atoms with Crippen molar-refractivity contribution in [2.24, 2.45) is 0 Å². The minimum atomic E-state index is -0.244. The normalized spacial score (nSPS) is 20.0. The van der Waals surface area contributed by atoms with E-state index >= 15 is 0 Å². The average molecular weight is 200 g/mol. The van der Waals surface area contributed by atoms with Crippen molar-refractivity contribution in [3.8, 4) is 0 Å². The summed E-state index contributed by atoms with van der Waals surface area (Å²) in [6.07, 6.45) is 0. The Hall–Kier alpha value is -0.940. The highest BCUT2D eigenvalue weighted by Crippen LogP contribution is 2.01. The number of likely N-dealkylation sites (N-methyl/N-ethyl adjacent to an activating group) is 1. The second-order valence-electron chi connectivity index (χ2n) is 3.35. The maximum absolute atomic E-state index is 11.3. The number of hydrogen-bond acceptors (Lipinski definition) is 4. The molecule has 1 saturated heterocycles. The molecule has 0 radical (unpaired) electrons. The Bertz CT molecular complexity index is 214. The van der Waals surface area contributed by atoms with Gasteiger partial charge in [-0.15, -0.1) is 0 Å². The van der Waals surface area contributed by atoms with E-state index < -0.39 is 0 Å². The molecule has 1 heterocycles. The number of amides is 2. The van der Waals surface area contributed by atoms with E-state index in [4.69, 9.17) is 4.74 Å². The number of morpholine rings is 1. The monoisotopic (exact) mass is 200 g/mol. The molecule has 0 aromatic heterocycles. The van der Waals surface area contributed by atoms with E-state index in [9.17, 15) is 9.59 Å². The second-order valence-corrected chi connectivity index (χ2v) is 3.35. The van der Waals surface area contributed by atoms with Crippen molar-refractivity contribution in [2.45, 2.75) is 19.9 Å². The zero-order chi connectivity index (χ0) is 10.6. The molecule has 1 atom stereocenters. The molecule has 5 heteroatoms. The summed E-state index contributed by atoms with van der Waals surface area (Å²) in [7, 11) is 0. The van der Waals surface area contributed by atoms with Gasteiger partial charge in [0.1, 0.15) is 13.2 Å². The highest BCUT2D eigenvalue weighted by atomic mass is 16.5. The molecule has 80 valence electrons. The molecule has 1 N–H and O–H groups in total. The van der Waals surface area contributed by atoms with Crippen LogP contribution in [0.25, 0.3) is 0 Å². The summed E-state index contributed by atoms with van der Waals surface area (Å²) in [5.74, 6) is -0.489. The third-order valence-corrected chi connectivity index (χ3v) is 2.06. The van der Waals surface area contributed by atoms with Crippen molar-refractivity contribution in [1.29, 1.82) is 0 Å². The molecule has 1 aliphatic rings. The first-order valence-corrected chi connectivity index (χ1v) is 4.79. The molecule has 0 aromatic rings. The molecule has 14 heavy (non-hydrogen) atoms. The Kier molecular flexibility index (Phi) is 4.03. The van der Waals surface area contributed by atoms with Gasteiger partial charge in [0, 0.05) is 12.6 Å². The summed E-state index contributed by atoms with van der Waals surface area (Å²) in [6.45, 7) is 5.22. The molecule has 0 aromatic carbocycles. The van der Waals surface area contributed by atoms with Crippen LogP contribution in [0, 0.1) is 0 Å². The zero-order valence-corrected chi connectivity index (χ0v) is 8.58. The lowest BCUT2D eigenvalue weighted by Crippen LogP contribution is -2.51. The van der Waals surface area contributed by atoms with Gasteiger partial charge in [-0.25, -0.2) is 0 Å². The van der Waals surface area contributed by atoms with Crippen molar-refractivity contribution >= 4 is 11.8 Å². The standard InChI is InChI=1S/C9H16N2O3/c1-3-10-7(2)4-11-8(12)5-14-6-9(11)13/h7,10H,3-6H2,1-2H3. The van der Waals surface area contributed by atoms with E-state index in [0.717, 1.165) is 6.54 Å². The topological polar surface area (TPSA) is 58.6 Å². The van der Waals surface area contributed by atoms with Crippen LogP contribution in [0.4, 0.5) is 0 Å². The number of carbonyl (C=O) groups excluding carboxylic acids is 2. The van der Waals surface area contributed by atoms with E-state index in [1.807, 2.05) is 13.8 Å². The van der Waals surface area contributed by atoms with Crippen LogP contribution >= 0.6 is 0 Å². The van der Waals surface area contributed by atoms with Gasteiger partial charge in [0.15, 0.2) is 0 Å². The van der Waals surface area contributed by atoms with Gasteiger partial charge in [0.25, 0.3) is 11.8 Å². The lowest BCUT2D eigenvalue weighted by molar-refractivity contribution is -0.158. The van der Waals surface area contributed by atoms with Crippen molar-refractivity contribution in [3.05, 3.63) is 0 Å². The van der Waals surface area contributed by atoms with Gasteiger partial charge in [-0.1, -0.05) is 6.92 Å². The molecular weight excluding hydrogens is 184 g/mol. The van der Waals surface area contributed by atoms with Gasteiger partial charge >= 0.3 is 0 Å². The SMILES string of the molecule is CCNC(C)CN1C(=O)COCC1=O. The summed E-state index contributed by atoms with van der Waals surface area (Å²) in [5.41, 5.74) is 0. The van der Waals surface area contributed by atoms with Crippen LogP contribution in [-0.4, -0.2) is 49.1 Å². The molecule has 0 aliphatic carbocycles. The molecule has 1 unspecified atom stereocenters. The minimum absolute atomic E-state index is 0.0184. The Morgan fingerprint density at radius 2 is 2.00 bits per heavy atom. The van der Waals surface area contributed by atoms with Gasteiger partial charge in [-0.05, 0) is 13.5 Å². The summed E-state index contributed by atoms with van der Waals surface area (Å²) in [6, 6.07) is 0.131. The molecule has 1 rings (SSSR count). The zero-order valence-electron chi connectivity index (χ0n) is 8.58. The molecule has 1 fully saturated rings. The largest absolute Gasteiger partial charge is 0.362 e. The van der Waals surface area contributed by atoms with Crippen LogP contribution < -0.4 is 5.32 Å². The van der Waals surface area contributed by atoms with Crippen molar-refractivity contribution in [2.75, 3.05) is 26.3 Å². The molecule has 0 saturated carbocycles. The van der Waals surface area contributed by atoms with Crippen LogP contribution in [0.5, 0.6) is 0 Å². The summed E-state index contributed by atoms with van der Waals surface area (Å²) in [4.78, 5) is 23.9. The Morgan fingerprint density at radius 3 is 2.50 bits per heavy atom. The van der Waals surface area contributed by atoms with E-state index in [2.05, 4.69) is 5.32 Å². The lowest BCUT2D eigenvalue weighted by atomic mass is 10.2. The molecule has 5 nitrogen and oxygen atoms in total. The van der Waals surface area contributed by atoms with Crippen LogP contribution in [0.2, 0.25) is 0 Å². The summed E-state index contributed by atoms with van der Waals surface area (Å²) >= 11 is 0. The molecule has 1 aliphatic heterocycles. The first kappa shape index (κ1) is 11.1. The van der Waals surface area contributed by atoms with Gasteiger partial charge < -0.3 is 10.1 Å². The fourth-order valence-corrected chi connectivity index (χ4v) is 1.41. The average Bonchev–Trinajstić information content (AvgIpc) is 2.12. The van der Waals surface area contributed by atoms with Crippen molar-refractivity contribution < 1.29 is 14.3 Å². The Labute approximate surface area is 83.4 Å². The quantitative estimate of drug-likeness (QED) is 0.614. The van der Waals surface area contributed by atoms with E-state index in [1.54, 1.807) is 0 Å². The van der Waals surface area contributed by atoms with E-state index in [-0.39, 0.29) is 31.1 Å². The van der Waals surface area contributed by atoms with Crippen LogP contribution in [0.3, 0.4) is 0 Å². The first-order valence-electron chi connectivity index (χ1n) is 4.79. The predicted octanol–water partition coefficient (Wildman–Crippen LogP) is -0.630. The fourth-order valence-electron chi connectivity index (χ4n) is 1.41. The van der Waals surface area contributed by atoms with Crippen LogP contribution in [0.15, 0.2) is 0 Å². The highest BCUT2D eigenvalue weighted by molar-refractivity contribution is 5.98. The smallest absolute Gasteiger partial charge is 0.255 e. The highest BCUT2D eigenvalue weighted by Gasteiger charge is 2.27. The maximum atomic E-state index is 11.3. The number of rotatable bonds is 4. The molecular formula is C9H16N2O3. The second kappa shape index (κ2) is 5.07. The third-order valence-electron chi connectivity index (χ3n) is 2.06. The van der Waals surface area contributed by atoms with Gasteiger partial charge in [0.2, 0.25) is 0 Å². The third kappa shape index (κ3) is 2.78. The maximum Gasteiger partial charge on any atom is 0.255 e. The number of nitrogens with zero attached hydrogens (tertiary/aromatic N) is 1. The number of carbonyl (C=O) groups is 2. The summed E-state index contributed by atoms with van der Waals surface area (Å²) < 4.78 is 4.80. The first-order chi connectivity index (χ1) is 6.65. The summed E-state index contributed by atoms with van der Waals surface area (Å²) in [5, 5.41) is 3.15. The lowest BCUT2D eigenvalue weighted by Gasteiger charge is -2.27. The van der Waals surface area contributed by atoms with Crippen LogP contribution in [0.1, 0.15) is 13.8 Å². The molecule has 0 spiro atoms. The fraction of sp³-hybridized carbons (Fsp3) is 0.778. The molecule has 0 bridgehead atoms. The van der Waals surface area contributed by atoms with Crippen LogP contribution in [-0.2, 0) is 14.3 Å². The predicted molar refractivity (Wildman–Crippen MR) is 50.7 cm³/mol. The van der Waals surface area contributed by atoms with E-state index in [0.29, 0.717) is 6.54 Å². The van der Waals surface area contributed by atoms with E-state index in [1.165, 1.54) is 4.90 Å².